The van der Waals surface area contributed by atoms with Gasteiger partial charge in [-0.15, -0.1) is 0 Å². The van der Waals surface area contributed by atoms with Crippen LogP contribution in [-0.4, -0.2) is 0 Å². The molecular formula is C65H42N2O4. The van der Waals surface area contributed by atoms with E-state index in [9.17, 15) is 0 Å². The molecule has 0 aliphatic heterocycles. The highest BCUT2D eigenvalue weighted by atomic mass is 16.4. The van der Waals surface area contributed by atoms with Gasteiger partial charge in [0.1, 0.15) is 22.3 Å². The standard InChI is InChI=1S/C65H42N2O4/c1-38(2)51-37-53-52-33-39-27-29-45(66(43-15-5-3-6-16-43)55-23-13-21-49-47-19-9-11-25-57(47)68-62(49)55)31-41(39)35-59(52)70-64(53)65-61(51)54-34-40-28-30-46(32-42(40)36-60(54)71-65)67(44-17-7-4-8-18-44)56-24-14-22-50-48-20-10-12-26-58(48)69-63(50)56/h3-38H,1-2H3. The van der Waals surface area contributed by atoms with Crippen LogP contribution in [0.25, 0.3) is 109 Å². The van der Waals surface area contributed by atoms with Crippen LogP contribution in [0.1, 0.15) is 25.3 Å². The van der Waals surface area contributed by atoms with Crippen molar-refractivity contribution in [3.8, 4) is 0 Å². The Hall–Kier alpha value is -9.26. The van der Waals surface area contributed by atoms with Crippen molar-refractivity contribution in [2.45, 2.75) is 19.8 Å². The molecule has 0 saturated heterocycles. The smallest absolute Gasteiger partial charge is 0.178 e. The summed E-state index contributed by atoms with van der Waals surface area (Å²) in [4.78, 5) is 4.57. The zero-order valence-corrected chi connectivity index (χ0v) is 38.8. The molecule has 0 unspecified atom stereocenters. The maximum atomic E-state index is 7.02. The van der Waals surface area contributed by atoms with E-state index in [1.807, 2.05) is 24.3 Å². The van der Waals surface area contributed by atoms with E-state index in [4.69, 9.17) is 17.7 Å². The third kappa shape index (κ3) is 6.01. The number of para-hydroxylation sites is 6. The van der Waals surface area contributed by atoms with Gasteiger partial charge in [-0.2, -0.15) is 0 Å². The summed E-state index contributed by atoms with van der Waals surface area (Å²) in [5.41, 5.74) is 13.9. The van der Waals surface area contributed by atoms with Crippen LogP contribution in [0, 0.1) is 0 Å². The van der Waals surface area contributed by atoms with Crippen LogP contribution in [0.4, 0.5) is 34.1 Å². The van der Waals surface area contributed by atoms with Crippen molar-refractivity contribution in [2.75, 3.05) is 9.80 Å². The molecule has 11 aromatic carbocycles. The molecule has 4 aromatic heterocycles. The van der Waals surface area contributed by atoms with Gasteiger partial charge in [-0.3, -0.25) is 0 Å². The first-order valence-corrected chi connectivity index (χ1v) is 24.2. The topological polar surface area (TPSA) is 59.0 Å². The molecule has 0 aliphatic rings. The fourth-order valence-corrected chi connectivity index (χ4v) is 11.2. The van der Waals surface area contributed by atoms with Crippen molar-refractivity contribution in [1.82, 2.24) is 0 Å². The predicted octanol–water partition coefficient (Wildman–Crippen LogP) is 19.7. The second kappa shape index (κ2) is 15.1. The molecule has 15 rings (SSSR count). The number of furan rings is 4. The summed E-state index contributed by atoms with van der Waals surface area (Å²) >= 11 is 0. The third-order valence-corrected chi connectivity index (χ3v) is 14.5. The highest BCUT2D eigenvalue weighted by Gasteiger charge is 2.25. The number of benzene rings is 11. The molecule has 0 N–H and O–H groups in total. The van der Waals surface area contributed by atoms with Crippen LogP contribution in [0.3, 0.4) is 0 Å². The lowest BCUT2D eigenvalue weighted by Gasteiger charge is -2.25. The van der Waals surface area contributed by atoms with Gasteiger partial charge in [0.25, 0.3) is 0 Å². The average molecular weight is 915 g/mol. The Kier molecular flexibility index (Phi) is 8.46. The number of nitrogens with zero attached hydrogens (tertiary/aromatic N) is 2. The molecule has 0 bridgehead atoms. The zero-order chi connectivity index (χ0) is 46.9. The largest absolute Gasteiger partial charge is 0.454 e. The molecule has 0 aliphatic carbocycles. The molecule has 336 valence electrons. The monoisotopic (exact) mass is 914 g/mol. The van der Waals surface area contributed by atoms with Gasteiger partial charge in [-0.1, -0.05) is 123 Å². The lowest BCUT2D eigenvalue weighted by Crippen LogP contribution is -2.10. The van der Waals surface area contributed by atoms with Gasteiger partial charge in [0, 0.05) is 65.8 Å². The van der Waals surface area contributed by atoms with E-state index < -0.39 is 0 Å². The maximum Gasteiger partial charge on any atom is 0.178 e. The molecule has 0 atom stereocenters. The van der Waals surface area contributed by atoms with Gasteiger partial charge in [-0.25, -0.2) is 0 Å². The summed E-state index contributed by atoms with van der Waals surface area (Å²) in [7, 11) is 0. The normalized spacial score (nSPS) is 12.2. The first kappa shape index (κ1) is 39.7. The molecule has 0 fully saturated rings. The molecule has 0 radical (unpaired) electrons. The van der Waals surface area contributed by atoms with E-state index in [0.29, 0.717) is 0 Å². The number of hydrogen-bond acceptors (Lipinski definition) is 6. The molecular weight excluding hydrogens is 873 g/mol. The highest BCUT2D eigenvalue weighted by molar-refractivity contribution is 6.23. The minimum atomic E-state index is 0.231. The molecule has 0 saturated carbocycles. The Morgan fingerprint density at radius 1 is 0.296 bits per heavy atom. The summed E-state index contributed by atoms with van der Waals surface area (Å²) in [5, 5.41) is 13.0. The molecule has 71 heavy (non-hydrogen) atoms. The van der Waals surface area contributed by atoms with Crippen molar-refractivity contribution in [2.24, 2.45) is 0 Å². The summed E-state index contributed by atoms with van der Waals surface area (Å²) in [6.07, 6.45) is 0. The molecule has 6 nitrogen and oxygen atoms in total. The fraction of sp³-hybridized carbons (Fsp3) is 0.0462. The van der Waals surface area contributed by atoms with Crippen LogP contribution in [0.2, 0.25) is 0 Å². The Bertz CT molecular complexity index is 4630. The second-order valence-electron chi connectivity index (χ2n) is 19.0. The van der Waals surface area contributed by atoms with Crippen molar-refractivity contribution in [1.29, 1.82) is 0 Å². The quantitative estimate of drug-likeness (QED) is 0.159. The van der Waals surface area contributed by atoms with Crippen molar-refractivity contribution >= 4 is 143 Å². The van der Waals surface area contributed by atoms with Crippen LogP contribution < -0.4 is 9.80 Å². The first-order chi connectivity index (χ1) is 35.0. The van der Waals surface area contributed by atoms with Crippen LogP contribution in [-0.2, 0) is 0 Å². The van der Waals surface area contributed by atoms with Crippen molar-refractivity contribution in [3.63, 3.8) is 0 Å². The Labute approximate surface area is 406 Å². The van der Waals surface area contributed by atoms with Gasteiger partial charge >= 0.3 is 0 Å². The van der Waals surface area contributed by atoms with Gasteiger partial charge in [-0.05, 0) is 136 Å². The summed E-state index contributed by atoms with van der Waals surface area (Å²) in [5.74, 6) is 0.231. The van der Waals surface area contributed by atoms with Gasteiger partial charge in [0.2, 0.25) is 0 Å². The minimum absolute atomic E-state index is 0.231. The van der Waals surface area contributed by atoms with Crippen LogP contribution >= 0.6 is 0 Å². The van der Waals surface area contributed by atoms with Crippen molar-refractivity contribution in [3.05, 3.63) is 218 Å². The molecule has 0 spiro atoms. The van der Waals surface area contributed by atoms with E-state index >= 15 is 0 Å². The lowest BCUT2D eigenvalue weighted by molar-refractivity contribution is 0.633. The Balaban J connectivity index is 0.885. The molecule has 6 heteroatoms. The maximum absolute atomic E-state index is 7.02. The average Bonchev–Trinajstić information content (AvgIpc) is 4.19. The SMILES string of the molecule is CC(C)c1cc2c3cc4ccc(N(c5ccccc5)c5cccc6c5oc5ccccc56)cc4cc3oc2c2oc3cc4cc(N(c5ccccc5)c5cccc6c5oc5ccccc56)ccc4cc3c12. The number of anilines is 6. The number of fused-ring (bicyclic) bond motifs is 15. The van der Waals surface area contributed by atoms with Crippen LogP contribution in [0.15, 0.2) is 230 Å². The zero-order valence-electron chi connectivity index (χ0n) is 38.8. The number of rotatable bonds is 7. The van der Waals surface area contributed by atoms with Gasteiger partial charge in [0.05, 0.1) is 11.4 Å². The highest BCUT2D eigenvalue weighted by Crippen LogP contribution is 2.48. The van der Waals surface area contributed by atoms with E-state index in [-0.39, 0.29) is 5.92 Å². The summed E-state index contributed by atoms with van der Waals surface area (Å²) in [6.45, 7) is 4.52. The molecule has 15 aromatic rings. The summed E-state index contributed by atoms with van der Waals surface area (Å²) in [6, 6.07) is 74.9. The van der Waals surface area contributed by atoms with E-state index in [1.54, 1.807) is 0 Å². The second-order valence-corrected chi connectivity index (χ2v) is 19.0. The molecule has 0 amide bonds. The van der Waals surface area contributed by atoms with E-state index in [0.717, 1.165) is 143 Å². The first-order valence-electron chi connectivity index (χ1n) is 24.2. The Morgan fingerprint density at radius 2 is 0.761 bits per heavy atom. The fourth-order valence-electron chi connectivity index (χ4n) is 11.2. The van der Waals surface area contributed by atoms with Crippen molar-refractivity contribution < 1.29 is 17.7 Å². The van der Waals surface area contributed by atoms with E-state index in [1.165, 1.54) is 5.56 Å². The summed E-state index contributed by atoms with van der Waals surface area (Å²) < 4.78 is 27.2. The lowest BCUT2D eigenvalue weighted by atomic mass is 9.94. The number of hydrogen-bond donors (Lipinski definition) is 0. The third-order valence-electron chi connectivity index (χ3n) is 14.5. The van der Waals surface area contributed by atoms with Gasteiger partial charge < -0.3 is 27.5 Å². The Morgan fingerprint density at radius 3 is 1.31 bits per heavy atom. The molecule has 4 heterocycles. The predicted molar refractivity (Wildman–Crippen MR) is 294 cm³/mol. The van der Waals surface area contributed by atoms with E-state index in [2.05, 4.69) is 212 Å². The van der Waals surface area contributed by atoms with Gasteiger partial charge in [0.15, 0.2) is 22.3 Å². The van der Waals surface area contributed by atoms with Crippen LogP contribution in [0.5, 0.6) is 0 Å². The minimum Gasteiger partial charge on any atom is -0.454 e.